The third-order valence-electron chi connectivity index (χ3n) is 6.89. The Morgan fingerprint density at radius 3 is 2.77 bits per heavy atom. The Morgan fingerprint density at radius 2 is 2.05 bits per heavy atom. The first-order chi connectivity index (χ1) is 19.8. The van der Waals surface area contributed by atoms with Crippen molar-refractivity contribution in [3.8, 4) is 11.8 Å². The first-order valence-electron chi connectivity index (χ1n) is 13.1. The van der Waals surface area contributed by atoms with Gasteiger partial charge in [0.05, 0.1) is 53.0 Å². The highest BCUT2D eigenvalue weighted by atomic mass is 35.5. The Bertz CT molecular complexity index is 1670. The molecule has 2 aromatic carbocycles. The minimum atomic E-state index is -1.49. The molecule has 2 unspecified atom stereocenters. The van der Waals surface area contributed by atoms with Crippen LogP contribution in [0, 0.1) is 17.3 Å². The van der Waals surface area contributed by atoms with Crippen molar-refractivity contribution in [1.29, 1.82) is 5.26 Å². The molecule has 4 N–H and O–H groups in total. The molecule has 0 amide bonds. The Kier molecular flexibility index (Phi) is 6.97. The summed E-state index contributed by atoms with van der Waals surface area (Å²) in [5.74, 6) is -0.221. The van der Waals surface area contributed by atoms with E-state index in [-0.39, 0.29) is 5.56 Å². The summed E-state index contributed by atoms with van der Waals surface area (Å²) in [6, 6.07) is 12.1. The average Bonchev–Trinajstić information content (AvgIpc) is 3.69. The second kappa shape index (κ2) is 11.0. The van der Waals surface area contributed by atoms with Crippen molar-refractivity contribution in [3.63, 3.8) is 0 Å². The van der Waals surface area contributed by atoms with Crippen LogP contribution in [0.25, 0.3) is 10.9 Å². The lowest BCUT2D eigenvalue weighted by molar-refractivity contribution is 0.222. The number of pyridine rings is 2. The highest BCUT2D eigenvalue weighted by Crippen LogP contribution is 2.40. The van der Waals surface area contributed by atoms with E-state index in [1.165, 1.54) is 25.6 Å². The zero-order valence-corrected chi connectivity index (χ0v) is 22.8. The molecule has 1 saturated carbocycles. The summed E-state index contributed by atoms with van der Waals surface area (Å²) in [6.45, 7) is 0.529. The summed E-state index contributed by atoms with van der Waals surface area (Å²) >= 11 is 13.1. The Balaban J connectivity index is 1.44. The lowest BCUT2D eigenvalue weighted by Gasteiger charge is -2.26. The largest absolute Gasteiger partial charge is 0.493 e. The van der Waals surface area contributed by atoms with E-state index in [1.54, 1.807) is 36.4 Å². The number of nitrogens with zero attached hydrogens (tertiary/aromatic N) is 4. The topological polar surface area (TPSA) is 110 Å². The van der Waals surface area contributed by atoms with Crippen LogP contribution in [0.15, 0.2) is 54.9 Å². The summed E-state index contributed by atoms with van der Waals surface area (Å²) in [7, 11) is 1.51. The van der Waals surface area contributed by atoms with Gasteiger partial charge in [0.2, 0.25) is 5.95 Å². The predicted octanol–water partition coefficient (Wildman–Crippen LogP) is 5.71. The summed E-state index contributed by atoms with van der Waals surface area (Å²) < 4.78 is 28.9. The SMILES string of the molecule is [2H]C(Nc1cc(Cl)c2ncc(C#N)c(Nc3cccc(Cl)c3OC)c2c1)(c1ccc(F)nc1)C1CN(C2CC2)NN1. The number of benzene rings is 2. The van der Waals surface area contributed by atoms with E-state index in [1.807, 2.05) is 0 Å². The van der Waals surface area contributed by atoms with E-state index < -0.39 is 18.0 Å². The van der Waals surface area contributed by atoms with Gasteiger partial charge in [-0.15, -0.1) is 0 Å². The highest BCUT2D eigenvalue weighted by Gasteiger charge is 2.38. The third kappa shape index (κ3) is 5.22. The lowest BCUT2D eigenvalue weighted by atomic mass is 10.00. The number of hydrogen-bond acceptors (Lipinski definition) is 9. The van der Waals surface area contributed by atoms with E-state index in [9.17, 15) is 11.0 Å². The number of para-hydroxylation sites is 1. The number of aromatic nitrogens is 2. The molecule has 12 heteroatoms. The molecular formula is C28H25Cl2FN8O. The maximum atomic E-state index is 13.8. The van der Waals surface area contributed by atoms with Crippen molar-refractivity contribution >= 4 is 51.2 Å². The fraction of sp³-hybridized carbons (Fsp3) is 0.250. The van der Waals surface area contributed by atoms with Crippen LogP contribution in [0.2, 0.25) is 10.0 Å². The number of fused-ring (bicyclic) bond motifs is 1. The fourth-order valence-electron chi connectivity index (χ4n) is 4.79. The van der Waals surface area contributed by atoms with Gasteiger partial charge in [-0.3, -0.25) is 4.98 Å². The van der Waals surface area contributed by atoms with Crippen LogP contribution >= 0.6 is 23.2 Å². The number of nitriles is 1. The van der Waals surface area contributed by atoms with E-state index in [2.05, 4.69) is 42.6 Å². The number of hydrogen-bond donors (Lipinski definition) is 4. The zero-order chi connectivity index (χ0) is 28.7. The van der Waals surface area contributed by atoms with Crippen LogP contribution < -0.4 is 26.3 Å². The molecule has 2 aliphatic rings. The van der Waals surface area contributed by atoms with Crippen molar-refractivity contribution < 1.29 is 10.5 Å². The molecule has 1 saturated heterocycles. The van der Waals surface area contributed by atoms with Crippen LogP contribution in [-0.4, -0.2) is 40.7 Å². The molecule has 0 bridgehead atoms. The molecule has 1 aliphatic heterocycles. The van der Waals surface area contributed by atoms with Gasteiger partial charge in [0.15, 0.2) is 5.75 Å². The second-order valence-corrected chi connectivity index (χ2v) is 10.4. The normalized spacial score (nSPS) is 19.1. The molecular weight excluding hydrogens is 554 g/mol. The van der Waals surface area contributed by atoms with Crippen molar-refractivity contribution in [2.24, 2.45) is 0 Å². The number of methoxy groups -OCH3 is 1. The number of nitrogens with one attached hydrogen (secondary N) is 4. The number of hydrazine groups is 2. The van der Waals surface area contributed by atoms with Crippen LogP contribution in [0.4, 0.5) is 21.5 Å². The standard InChI is InChI=1S/C28H25Cl2FN8O/c1-40-28-20(29)3-2-4-22(28)36-25-16(11-32)13-34-27-19(25)9-17(10-21(27)30)35-26(15-5-8-24(31)33-12-15)23-14-39(38-37-23)18-6-7-18/h2-5,8-10,12-13,18,23,26,35,37-38H,6-7,14H2,1H3,(H,34,36)/i26D. The average molecular weight is 580 g/mol. The van der Waals surface area contributed by atoms with Gasteiger partial charge in [-0.1, -0.05) is 35.3 Å². The fourth-order valence-corrected chi connectivity index (χ4v) is 5.31. The van der Waals surface area contributed by atoms with Gasteiger partial charge >= 0.3 is 0 Å². The minimum absolute atomic E-state index is 0.273. The van der Waals surface area contributed by atoms with E-state index in [0.717, 1.165) is 12.8 Å². The quantitative estimate of drug-likeness (QED) is 0.195. The molecule has 2 atom stereocenters. The number of rotatable bonds is 8. The number of halogens is 3. The van der Waals surface area contributed by atoms with Crippen molar-refractivity contribution in [3.05, 3.63) is 82.0 Å². The molecule has 1 aliphatic carbocycles. The van der Waals surface area contributed by atoms with Crippen LogP contribution in [0.5, 0.6) is 5.75 Å². The summed E-state index contributed by atoms with van der Waals surface area (Å²) in [5, 5.41) is 19.8. The smallest absolute Gasteiger partial charge is 0.212 e. The van der Waals surface area contributed by atoms with Crippen molar-refractivity contribution in [1.82, 2.24) is 25.9 Å². The minimum Gasteiger partial charge on any atom is -0.493 e. The molecule has 2 fully saturated rings. The molecule has 3 heterocycles. The van der Waals surface area contributed by atoms with Gasteiger partial charge in [0, 0.05) is 36.1 Å². The molecule has 6 rings (SSSR count). The maximum absolute atomic E-state index is 13.8. The monoisotopic (exact) mass is 579 g/mol. The van der Waals surface area contributed by atoms with Crippen molar-refractivity contribution in [2.75, 3.05) is 24.3 Å². The molecule has 9 nitrogen and oxygen atoms in total. The number of anilines is 3. The van der Waals surface area contributed by atoms with Crippen LogP contribution in [0.1, 0.15) is 31.4 Å². The molecule has 204 valence electrons. The predicted molar refractivity (Wildman–Crippen MR) is 153 cm³/mol. The molecule has 4 aromatic rings. The van der Waals surface area contributed by atoms with Gasteiger partial charge in [-0.2, -0.15) is 15.2 Å². The van der Waals surface area contributed by atoms with E-state index >= 15 is 0 Å². The van der Waals surface area contributed by atoms with Gasteiger partial charge in [-0.05, 0) is 48.7 Å². The Morgan fingerprint density at radius 1 is 1.20 bits per heavy atom. The van der Waals surface area contributed by atoms with Gasteiger partial charge in [0.25, 0.3) is 0 Å². The van der Waals surface area contributed by atoms with Gasteiger partial charge in [-0.25, -0.2) is 15.4 Å². The summed E-state index contributed by atoms with van der Waals surface area (Å²) in [5.41, 5.74) is 9.06. The molecule has 0 radical (unpaired) electrons. The van der Waals surface area contributed by atoms with Crippen molar-refractivity contribution in [2.45, 2.75) is 30.9 Å². The van der Waals surface area contributed by atoms with Gasteiger partial charge < -0.3 is 15.4 Å². The number of ether oxygens (including phenoxy) is 1. The summed E-state index contributed by atoms with van der Waals surface area (Å²) in [4.78, 5) is 8.23. The molecule has 0 spiro atoms. The first-order valence-corrected chi connectivity index (χ1v) is 13.4. The highest BCUT2D eigenvalue weighted by molar-refractivity contribution is 6.36. The second-order valence-electron chi connectivity index (χ2n) is 9.56. The van der Waals surface area contributed by atoms with E-state index in [4.69, 9.17) is 27.9 Å². The summed E-state index contributed by atoms with van der Waals surface area (Å²) in [6.07, 6.45) is 4.96. The third-order valence-corrected chi connectivity index (χ3v) is 7.48. The molecule has 2 aromatic heterocycles. The Labute approximate surface area is 241 Å². The lowest BCUT2D eigenvalue weighted by Crippen LogP contribution is -2.40. The van der Waals surface area contributed by atoms with Crippen LogP contribution in [-0.2, 0) is 0 Å². The van der Waals surface area contributed by atoms with Gasteiger partial charge in [0.1, 0.15) is 6.07 Å². The maximum Gasteiger partial charge on any atom is 0.212 e. The Hall–Kier alpha value is -3.72. The zero-order valence-electron chi connectivity index (χ0n) is 22.3. The molecule has 40 heavy (non-hydrogen) atoms. The van der Waals surface area contributed by atoms with Crippen LogP contribution in [0.3, 0.4) is 0 Å². The first kappa shape index (κ1) is 25.3. The van der Waals surface area contributed by atoms with E-state index in [0.29, 0.717) is 61.9 Å².